The van der Waals surface area contributed by atoms with Crippen LogP contribution in [0.4, 0.5) is 18.0 Å². The van der Waals surface area contributed by atoms with Crippen molar-refractivity contribution in [3.8, 4) is 11.1 Å². The maximum absolute atomic E-state index is 13.7. The number of benzene rings is 3. The van der Waals surface area contributed by atoms with Gasteiger partial charge in [0.2, 0.25) is 0 Å². The fourth-order valence-corrected chi connectivity index (χ4v) is 5.41. The summed E-state index contributed by atoms with van der Waals surface area (Å²) in [6.45, 7) is 6.27. The summed E-state index contributed by atoms with van der Waals surface area (Å²) < 4.78 is 40.5. The van der Waals surface area contributed by atoms with Gasteiger partial charge in [-0.1, -0.05) is 42.5 Å². The molecule has 2 amide bonds. The highest BCUT2D eigenvalue weighted by Crippen LogP contribution is 2.37. The smallest absolute Gasteiger partial charge is 0.333 e. The number of nitrogens with one attached hydrogen (secondary N) is 1. The van der Waals surface area contributed by atoms with Crippen LogP contribution in [-0.4, -0.2) is 33.8 Å². The Labute approximate surface area is 237 Å². The molecule has 3 aromatic carbocycles. The third kappa shape index (κ3) is 6.26. The lowest BCUT2D eigenvalue weighted by atomic mass is 9.85. The van der Waals surface area contributed by atoms with Gasteiger partial charge >= 0.3 is 12.2 Å². The van der Waals surface area contributed by atoms with E-state index in [2.05, 4.69) is 10.3 Å². The quantitative estimate of drug-likeness (QED) is 0.256. The molecular weight excluding hydrogens is 527 g/mol. The number of aryl methyl sites for hydroxylation is 1. The Balaban J connectivity index is 1.50. The van der Waals surface area contributed by atoms with E-state index in [0.717, 1.165) is 34.2 Å². The molecule has 1 N–H and O–H groups in total. The number of alkyl halides is 3. The van der Waals surface area contributed by atoms with Gasteiger partial charge in [-0.05, 0) is 85.7 Å². The van der Waals surface area contributed by atoms with Gasteiger partial charge in [-0.2, -0.15) is 13.2 Å². The largest absolute Gasteiger partial charge is 0.416 e. The number of hydrogen-bond acceptors (Lipinski definition) is 3. The molecule has 41 heavy (non-hydrogen) atoms. The van der Waals surface area contributed by atoms with Gasteiger partial charge in [0.25, 0.3) is 0 Å². The molecule has 0 aliphatic carbocycles. The average molecular weight is 560 g/mol. The van der Waals surface area contributed by atoms with Crippen molar-refractivity contribution in [1.82, 2.24) is 15.2 Å². The van der Waals surface area contributed by atoms with Crippen molar-refractivity contribution in [3.63, 3.8) is 0 Å². The Kier molecular flexibility index (Phi) is 7.60. The molecule has 0 fully saturated rings. The first kappa shape index (κ1) is 28.3. The molecule has 8 heteroatoms. The molecule has 0 saturated carbocycles. The number of aromatic nitrogens is 1. The van der Waals surface area contributed by atoms with E-state index < -0.39 is 17.3 Å². The third-order valence-corrected chi connectivity index (χ3v) is 7.34. The third-order valence-electron chi connectivity index (χ3n) is 7.34. The number of urea groups is 1. The lowest BCUT2D eigenvalue weighted by molar-refractivity contribution is -0.137. The number of ketones is 1. The Bertz CT molecular complexity index is 1620. The zero-order valence-corrected chi connectivity index (χ0v) is 23.3. The maximum Gasteiger partial charge on any atom is 0.416 e. The van der Waals surface area contributed by atoms with Crippen LogP contribution in [0.5, 0.6) is 0 Å². The summed E-state index contributed by atoms with van der Waals surface area (Å²) in [5.41, 5.74) is 3.81. The predicted octanol–water partition coefficient (Wildman–Crippen LogP) is 7.60. The maximum atomic E-state index is 13.7. The molecule has 0 atom stereocenters. The van der Waals surface area contributed by atoms with E-state index in [4.69, 9.17) is 0 Å². The molecule has 0 unspecified atom stereocenters. The molecule has 1 aliphatic rings. The van der Waals surface area contributed by atoms with Gasteiger partial charge in [0.05, 0.1) is 11.1 Å². The first-order valence-corrected chi connectivity index (χ1v) is 13.7. The van der Waals surface area contributed by atoms with E-state index in [1.165, 1.54) is 6.07 Å². The summed E-state index contributed by atoms with van der Waals surface area (Å²) in [5.74, 6) is -0.0733. The predicted molar refractivity (Wildman–Crippen MR) is 154 cm³/mol. The molecule has 5 rings (SSSR count). The SMILES string of the molecule is CC(C)(C)NC(=O)N1CCc2c(-c3cccc(C(F)(F)F)c3)ccc(C(=O)CCc3cccc4ncccc34)c2C1. The Morgan fingerprint density at radius 3 is 2.49 bits per heavy atom. The van der Waals surface area contributed by atoms with E-state index in [0.29, 0.717) is 41.6 Å². The number of nitrogens with zero attached hydrogens (tertiary/aromatic N) is 2. The number of carbonyl (C=O) groups excluding carboxylic acids is 2. The van der Waals surface area contributed by atoms with Crippen LogP contribution in [-0.2, 0) is 25.6 Å². The Morgan fingerprint density at radius 1 is 0.951 bits per heavy atom. The minimum absolute atomic E-state index is 0.0733. The van der Waals surface area contributed by atoms with Crippen LogP contribution in [0, 0.1) is 0 Å². The molecule has 1 aliphatic heterocycles. The molecule has 0 bridgehead atoms. The molecule has 2 heterocycles. The molecule has 212 valence electrons. The van der Waals surface area contributed by atoms with Crippen molar-refractivity contribution < 1.29 is 22.8 Å². The van der Waals surface area contributed by atoms with Gasteiger partial charge in [0, 0.05) is 42.2 Å². The molecule has 0 radical (unpaired) electrons. The topological polar surface area (TPSA) is 62.3 Å². The number of pyridine rings is 1. The van der Waals surface area contributed by atoms with E-state index >= 15 is 0 Å². The number of hydrogen-bond donors (Lipinski definition) is 1. The lowest BCUT2D eigenvalue weighted by Crippen LogP contribution is -2.50. The number of amides is 2. The van der Waals surface area contributed by atoms with Gasteiger partial charge in [-0.25, -0.2) is 4.79 Å². The van der Waals surface area contributed by atoms with Crippen LogP contribution in [0.1, 0.15) is 59.8 Å². The van der Waals surface area contributed by atoms with Crippen molar-refractivity contribution in [3.05, 3.63) is 101 Å². The van der Waals surface area contributed by atoms with Gasteiger partial charge < -0.3 is 10.2 Å². The lowest BCUT2D eigenvalue weighted by Gasteiger charge is -2.34. The zero-order valence-electron chi connectivity index (χ0n) is 23.3. The summed E-state index contributed by atoms with van der Waals surface area (Å²) in [4.78, 5) is 32.8. The van der Waals surface area contributed by atoms with Crippen molar-refractivity contribution in [2.24, 2.45) is 0 Å². The Morgan fingerprint density at radius 2 is 1.73 bits per heavy atom. The van der Waals surface area contributed by atoms with Crippen LogP contribution < -0.4 is 5.32 Å². The Hall–Kier alpha value is -4.20. The van der Waals surface area contributed by atoms with Gasteiger partial charge in [0.15, 0.2) is 5.78 Å². The van der Waals surface area contributed by atoms with Crippen molar-refractivity contribution >= 4 is 22.7 Å². The van der Waals surface area contributed by atoms with Crippen LogP contribution >= 0.6 is 0 Å². The average Bonchev–Trinajstić information content (AvgIpc) is 2.93. The summed E-state index contributed by atoms with van der Waals surface area (Å²) in [6.07, 6.45) is -1.55. The molecule has 4 aromatic rings. The fraction of sp³-hybridized carbons (Fsp3) is 0.303. The number of halogens is 3. The van der Waals surface area contributed by atoms with Crippen LogP contribution in [0.15, 0.2) is 72.9 Å². The summed E-state index contributed by atoms with van der Waals surface area (Å²) in [7, 11) is 0. The monoisotopic (exact) mass is 559 g/mol. The summed E-state index contributed by atoms with van der Waals surface area (Å²) >= 11 is 0. The molecule has 1 aromatic heterocycles. The number of carbonyl (C=O) groups is 2. The van der Waals surface area contributed by atoms with E-state index in [1.54, 1.807) is 29.3 Å². The molecular formula is C33H32F3N3O2. The molecule has 5 nitrogen and oxygen atoms in total. The number of Topliss-reactive ketones (excluding diaryl/α,β-unsaturated/α-hetero) is 1. The van der Waals surface area contributed by atoms with Crippen molar-refractivity contribution in [1.29, 1.82) is 0 Å². The highest BCUT2D eigenvalue weighted by molar-refractivity contribution is 5.99. The van der Waals surface area contributed by atoms with E-state index in [-0.39, 0.29) is 24.8 Å². The summed E-state index contributed by atoms with van der Waals surface area (Å²) in [5, 5.41) is 3.97. The fourth-order valence-electron chi connectivity index (χ4n) is 5.41. The van der Waals surface area contributed by atoms with Crippen molar-refractivity contribution in [2.75, 3.05) is 6.54 Å². The highest BCUT2D eigenvalue weighted by Gasteiger charge is 2.32. The highest BCUT2D eigenvalue weighted by atomic mass is 19.4. The number of fused-ring (bicyclic) bond motifs is 2. The number of rotatable bonds is 5. The van der Waals surface area contributed by atoms with Crippen LogP contribution in [0.2, 0.25) is 0 Å². The first-order chi connectivity index (χ1) is 19.4. The zero-order chi connectivity index (χ0) is 29.4. The van der Waals surface area contributed by atoms with Gasteiger partial charge in [0.1, 0.15) is 0 Å². The second kappa shape index (κ2) is 11.0. The van der Waals surface area contributed by atoms with E-state index in [1.807, 2.05) is 51.1 Å². The van der Waals surface area contributed by atoms with Gasteiger partial charge in [-0.3, -0.25) is 9.78 Å². The second-order valence-electron chi connectivity index (χ2n) is 11.5. The molecule has 0 saturated heterocycles. The second-order valence-corrected chi connectivity index (χ2v) is 11.5. The summed E-state index contributed by atoms with van der Waals surface area (Å²) in [6, 6.07) is 18.1. The van der Waals surface area contributed by atoms with Crippen LogP contribution in [0.3, 0.4) is 0 Å². The minimum Gasteiger partial charge on any atom is -0.333 e. The standard InChI is InChI=1S/C33H32F3N3O2/c1-32(2,3)38-31(41)39-18-16-26-24(22-8-4-9-23(19-22)33(34,35)36)13-14-27(28(26)20-39)30(40)15-12-21-7-5-11-29-25(21)10-6-17-37-29/h4-11,13-14,17,19H,12,15-16,18,20H2,1-3H3,(H,38,41). The van der Waals surface area contributed by atoms with Crippen molar-refractivity contribution in [2.45, 2.75) is 58.3 Å². The van der Waals surface area contributed by atoms with Gasteiger partial charge in [-0.15, -0.1) is 0 Å². The first-order valence-electron chi connectivity index (χ1n) is 13.7. The normalized spacial score (nSPS) is 13.7. The minimum atomic E-state index is -4.47. The van der Waals surface area contributed by atoms with E-state index in [9.17, 15) is 22.8 Å². The molecule has 0 spiro atoms. The van der Waals surface area contributed by atoms with Crippen LogP contribution in [0.25, 0.3) is 22.0 Å².